The molecule has 0 unspecified atom stereocenters. The van der Waals surface area contributed by atoms with Crippen LogP contribution >= 0.6 is 12.4 Å². The minimum absolute atomic E-state index is 0. The highest BCUT2D eigenvalue weighted by atomic mass is 35.5. The molecule has 0 saturated carbocycles. The van der Waals surface area contributed by atoms with E-state index >= 15 is 0 Å². The molecule has 1 N–H and O–H groups in total. The summed E-state index contributed by atoms with van der Waals surface area (Å²) in [5.74, 6) is -0.112. The van der Waals surface area contributed by atoms with Crippen molar-refractivity contribution in [2.45, 2.75) is 13.8 Å². The van der Waals surface area contributed by atoms with E-state index in [1.165, 1.54) is 0 Å². The third kappa shape index (κ3) is 7.14. The Morgan fingerprint density at radius 2 is 1.50 bits per heavy atom. The van der Waals surface area contributed by atoms with Gasteiger partial charge in [-0.2, -0.15) is 0 Å². The second kappa shape index (κ2) is 11.0. The van der Waals surface area contributed by atoms with Crippen molar-refractivity contribution in [1.29, 1.82) is 0 Å². The van der Waals surface area contributed by atoms with Crippen LogP contribution in [0.2, 0.25) is 0 Å². The van der Waals surface area contributed by atoms with Crippen LogP contribution in [0.15, 0.2) is 54.6 Å². The third-order valence-corrected chi connectivity index (χ3v) is 4.89. The largest absolute Gasteiger partial charge is 0.307 e. The molecule has 2 rings (SSSR count). The van der Waals surface area contributed by atoms with Crippen molar-refractivity contribution in [2.24, 2.45) is 0 Å². The van der Waals surface area contributed by atoms with Crippen molar-refractivity contribution >= 4 is 39.7 Å². The van der Waals surface area contributed by atoms with Gasteiger partial charge in [-0.15, -0.1) is 12.4 Å². The second-order valence-electron chi connectivity index (χ2n) is 6.27. The van der Waals surface area contributed by atoms with E-state index in [9.17, 15) is 13.2 Å². The number of halogens is 1. The Balaban J connectivity index is 0.00000392. The molecule has 0 aromatic heterocycles. The van der Waals surface area contributed by atoms with Crippen LogP contribution in [0.25, 0.3) is 0 Å². The number of hydrogen-bond acceptors (Lipinski definition) is 4. The molecule has 0 bridgehead atoms. The van der Waals surface area contributed by atoms with Crippen molar-refractivity contribution in [3.05, 3.63) is 60.2 Å². The molecule has 0 atom stereocenters. The Morgan fingerprint density at radius 1 is 0.929 bits per heavy atom. The molecule has 2 aromatic rings. The van der Waals surface area contributed by atoms with Crippen molar-refractivity contribution in [1.82, 2.24) is 4.90 Å². The molecule has 28 heavy (non-hydrogen) atoms. The van der Waals surface area contributed by atoms with Crippen LogP contribution in [0.5, 0.6) is 0 Å². The molecule has 0 fully saturated rings. The first-order valence-corrected chi connectivity index (χ1v) is 10.9. The highest BCUT2D eigenvalue weighted by Gasteiger charge is 2.18. The highest BCUT2D eigenvalue weighted by molar-refractivity contribution is 7.92. The normalized spacial score (nSPS) is 11.0. The number of carbonyl (C=O) groups is 1. The first kappa shape index (κ1) is 23.9. The molecule has 0 saturated heterocycles. The van der Waals surface area contributed by atoms with Crippen LogP contribution in [0, 0.1) is 0 Å². The molecular formula is C20H28ClN3O3S. The molecule has 0 heterocycles. The molecule has 0 spiro atoms. The molecule has 6 nitrogen and oxygen atoms in total. The number of likely N-dealkylation sites (N-methyl/N-ethyl adjacent to an activating group) is 1. The topological polar surface area (TPSA) is 69.7 Å². The lowest BCUT2D eigenvalue weighted by Crippen LogP contribution is -2.38. The van der Waals surface area contributed by atoms with E-state index in [4.69, 9.17) is 0 Å². The van der Waals surface area contributed by atoms with Gasteiger partial charge in [0.25, 0.3) is 5.91 Å². The number of sulfonamides is 1. The predicted octanol–water partition coefficient (Wildman–Crippen LogP) is 3.47. The Morgan fingerprint density at radius 3 is 2.00 bits per heavy atom. The van der Waals surface area contributed by atoms with Crippen LogP contribution < -0.4 is 9.62 Å². The summed E-state index contributed by atoms with van der Waals surface area (Å²) in [6, 6.07) is 16.1. The van der Waals surface area contributed by atoms with E-state index < -0.39 is 10.0 Å². The molecule has 0 radical (unpaired) electrons. The van der Waals surface area contributed by atoms with Crippen molar-refractivity contribution in [3.63, 3.8) is 0 Å². The number of carbonyl (C=O) groups excluding carboxylic acids is 1. The van der Waals surface area contributed by atoms with E-state index in [2.05, 4.69) is 23.5 Å². The zero-order chi connectivity index (χ0) is 19.9. The average Bonchev–Trinajstić information content (AvgIpc) is 2.65. The molecule has 1 amide bonds. The van der Waals surface area contributed by atoms with E-state index in [1.54, 1.807) is 29.2 Å². The molecular weight excluding hydrogens is 398 g/mol. The molecule has 2 aromatic carbocycles. The van der Waals surface area contributed by atoms with Gasteiger partial charge < -0.3 is 9.80 Å². The predicted molar refractivity (Wildman–Crippen MR) is 118 cm³/mol. The molecule has 0 aliphatic carbocycles. The van der Waals surface area contributed by atoms with E-state index in [0.29, 0.717) is 17.8 Å². The van der Waals surface area contributed by atoms with Gasteiger partial charge in [-0.1, -0.05) is 32.0 Å². The zero-order valence-electron chi connectivity index (χ0n) is 16.5. The van der Waals surface area contributed by atoms with Gasteiger partial charge in [0.2, 0.25) is 10.0 Å². The maximum absolute atomic E-state index is 13.1. The van der Waals surface area contributed by atoms with Gasteiger partial charge in [-0.25, -0.2) is 8.42 Å². The molecule has 8 heteroatoms. The number of rotatable bonds is 9. The lowest BCUT2D eigenvalue weighted by molar-refractivity contribution is 0.0984. The van der Waals surface area contributed by atoms with Crippen LogP contribution in [-0.4, -0.2) is 51.7 Å². The van der Waals surface area contributed by atoms with Gasteiger partial charge in [0, 0.05) is 30.0 Å². The van der Waals surface area contributed by atoms with E-state index in [-0.39, 0.29) is 18.3 Å². The number of amides is 1. The van der Waals surface area contributed by atoms with Gasteiger partial charge in [0.1, 0.15) is 0 Å². The number of para-hydroxylation sites is 1. The first-order chi connectivity index (χ1) is 12.8. The van der Waals surface area contributed by atoms with Crippen molar-refractivity contribution in [2.75, 3.05) is 42.1 Å². The maximum atomic E-state index is 13.1. The van der Waals surface area contributed by atoms with Gasteiger partial charge >= 0.3 is 0 Å². The van der Waals surface area contributed by atoms with Crippen LogP contribution in [0.3, 0.4) is 0 Å². The standard InChI is InChI=1S/C20H27N3O3S.ClH/c1-4-22(5-2)15-16-23(19-9-7-6-8-10-19)20(24)17-11-13-18(14-12-17)21-27(3,25)26;/h6-14,21H,4-5,15-16H2,1-3H3;1H. The summed E-state index contributed by atoms with van der Waals surface area (Å²) in [6.45, 7) is 7.42. The summed E-state index contributed by atoms with van der Waals surface area (Å²) >= 11 is 0. The number of benzene rings is 2. The molecule has 0 aliphatic heterocycles. The van der Waals surface area contributed by atoms with Gasteiger partial charge in [0.15, 0.2) is 0 Å². The Labute approximate surface area is 174 Å². The SMILES string of the molecule is CCN(CC)CCN(C(=O)c1ccc(NS(C)(=O)=O)cc1)c1ccccc1.Cl. The third-order valence-electron chi connectivity index (χ3n) is 4.28. The highest BCUT2D eigenvalue weighted by Crippen LogP contribution is 2.18. The minimum Gasteiger partial charge on any atom is -0.307 e. The number of hydrogen-bond donors (Lipinski definition) is 1. The first-order valence-electron chi connectivity index (χ1n) is 9.01. The summed E-state index contributed by atoms with van der Waals surface area (Å²) in [5.41, 5.74) is 1.79. The monoisotopic (exact) mass is 425 g/mol. The lowest BCUT2D eigenvalue weighted by atomic mass is 10.1. The number of nitrogens with one attached hydrogen (secondary N) is 1. The fraction of sp³-hybridized carbons (Fsp3) is 0.350. The number of anilines is 2. The quantitative estimate of drug-likeness (QED) is 0.667. The summed E-state index contributed by atoms with van der Waals surface area (Å²) in [5, 5.41) is 0. The zero-order valence-corrected chi connectivity index (χ0v) is 18.1. The summed E-state index contributed by atoms with van der Waals surface area (Å²) in [7, 11) is -3.34. The second-order valence-corrected chi connectivity index (χ2v) is 8.02. The van der Waals surface area contributed by atoms with E-state index in [1.807, 2.05) is 30.3 Å². The Kier molecular flexibility index (Phi) is 9.45. The molecule has 0 aliphatic rings. The van der Waals surface area contributed by atoms with Crippen molar-refractivity contribution in [3.8, 4) is 0 Å². The van der Waals surface area contributed by atoms with Crippen LogP contribution in [-0.2, 0) is 10.0 Å². The van der Waals surface area contributed by atoms with Crippen molar-refractivity contribution < 1.29 is 13.2 Å². The van der Waals surface area contributed by atoms with E-state index in [0.717, 1.165) is 31.6 Å². The lowest BCUT2D eigenvalue weighted by Gasteiger charge is -2.27. The maximum Gasteiger partial charge on any atom is 0.258 e. The Hall–Kier alpha value is -2.09. The summed E-state index contributed by atoms with van der Waals surface area (Å²) < 4.78 is 25.1. The van der Waals surface area contributed by atoms with Crippen LogP contribution in [0.4, 0.5) is 11.4 Å². The van der Waals surface area contributed by atoms with Gasteiger partial charge in [0.05, 0.1) is 6.26 Å². The summed E-state index contributed by atoms with van der Waals surface area (Å²) in [4.78, 5) is 17.1. The van der Waals surface area contributed by atoms with Crippen LogP contribution in [0.1, 0.15) is 24.2 Å². The smallest absolute Gasteiger partial charge is 0.258 e. The fourth-order valence-corrected chi connectivity index (χ4v) is 3.35. The Bertz CT molecular complexity index is 839. The number of nitrogens with zero attached hydrogens (tertiary/aromatic N) is 2. The molecule has 154 valence electrons. The summed E-state index contributed by atoms with van der Waals surface area (Å²) in [6.07, 6.45) is 1.09. The van der Waals surface area contributed by atoms with Gasteiger partial charge in [-0.3, -0.25) is 9.52 Å². The average molecular weight is 426 g/mol. The van der Waals surface area contributed by atoms with Gasteiger partial charge in [-0.05, 0) is 49.5 Å². The minimum atomic E-state index is -3.34. The fourth-order valence-electron chi connectivity index (χ4n) is 2.79.